The molecule has 0 spiro atoms. The molecule has 0 amide bonds. The van der Waals surface area contributed by atoms with Crippen molar-refractivity contribution in [3.05, 3.63) is 28.2 Å². The van der Waals surface area contributed by atoms with E-state index in [1.54, 1.807) is 0 Å². The van der Waals surface area contributed by atoms with Gasteiger partial charge in [0.1, 0.15) is 12.4 Å². The van der Waals surface area contributed by atoms with E-state index in [1.165, 1.54) is 5.56 Å². The quantitative estimate of drug-likeness (QED) is 0.845. The molecule has 1 atom stereocenters. The summed E-state index contributed by atoms with van der Waals surface area (Å²) in [6, 6.07) is 6.85. The molecule has 1 aliphatic rings. The van der Waals surface area contributed by atoms with Gasteiger partial charge < -0.3 is 4.74 Å². The minimum absolute atomic E-state index is 0.531. The number of benzene rings is 1. The van der Waals surface area contributed by atoms with Crippen LogP contribution < -0.4 is 4.74 Å². The molecule has 2 nitrogen and oxygen atoms in total. The normalized spacial score (nSPS) is 19.4. The second kappa shape index (κ2) is 5.19. The van der Waals surface area contributed by atoms with Crippen molar-refractivity contribution in [3.8, 4) is 5.75 Å². The van der Waals surface area contributed by atoms with Crippen molar-refractivity contribution in [3.63, 3.8) is 0 Å². The lowest BCUT2D eigenvalue weighted by Crippen LogP contribution is -2.42. The predicted molar refractivity (Wildman–Crippen MR) is 70.1 cm³/mol. The maximum Gasteiger partial charge on any atom is 0.123 e. The summed E-state index contributed by atoms with van der Waals surface area (Å²) in [6.45, 7) is 7.42. The molecule has 0 N–H and O–H groups in total. The minimum Gasteiger partial charge on any atom is -0.492 e. The van der Waals surface area contributed by atoms with E-state index < -0.39 is 0 Å². The predicted octanol–water partition coefficient (Wildman–Crippen LogP) is 3.09. The highest BCUT2D eigenvalue weighted by Crippen LogP contribution is 2.29. The van der Waals surface area contributed by atoms with Crippen LogP contribution in [0.2, 0.25) is 0 Å². The smallest absolute Gasteiger partial charge is 0.123 e. The summed E-state index contributed by atoms with van der Waals surface area (Å²) in [5.74, 6) is 1.04. The second-order valence-electron chi connectivity index (χ2n) is 4.14. The van der Waals surface area contributed by atoms with Gasteiger partial charge in [-0.05, 0) is 37.2 Å². The number of fused-ring (bicyclic) bond motifs is 1. The summed E-state index contributed by atoms with van der Waals surface area (Å²) in [6.07, 6.45) is 1.10. The molecule has 1 heterocycles. The lowest BCUT2D eigenvalue weighted by Gasteiger charge is -2.33. The highest BCUT2D eigenvalue weighted by Gasteiger charge is 2.23. The summed E-state index contributed by atoms with van der Waals surface area (Å²) < 4.78 is 6.92. The van der Waals surface area contributed by atoms with Crippen molar-refractivity contribution in [1.29, 1.82) is 0 Å². The van der Waals surface area contributed by atoms with Gasteiger partial charge in [0.15, 0.2) is 0 Å². The number of ether oxygens (including phenoxy) is 1. The van der Waals surface area contributed by atoms with Gasteiger partial charge in [-0.3, -0.25) is 4.90 Å². The SMILES string of the molecule is CCN(CC)C1COc2cc(Br)ccc2C1. The summed E-state index contributed by atoms with van der Waals surface area (Å²) in [4.78, 5) is 2.46. The third kappa shape index (κ3) is 2.41. The fraction of sp³-hybridized carbons (Fsp3) is 0.538. The average Bonchev–Trinajstić information content (AvgIpc) is 2.31. The first-order chi connectivity index (χ1) is 7.74. The first-order valence-corrected chi connectivity index (χ1v) is 6.69. The van der Waals surface area contributed by atoms with Crippen LogP contribution in [0.25, 0.3) is 0 Å². The zero-order valence-electron chi connectivity index (χ0n) is 9.87. The molecular formula is C13H18BrNO. The molecule has 0 saturated heterocycles. The lowest BCUT2D eigenvalue weighted by atomic mass is 10.0. The van der Waals surface area contributed by atoms with E-state index in [-0.39, 0.29) is 0 Å². The van der Waals surface area contributed by atoms with Gasteiger partial charge in [-0.1, -0.05) is 35.8 Å². The molecule has 0 saturated carbocycles. The highest BCUT2D eigenvalue weighted by atomic mass is 79.9. The van der Waals surface area contributed by atoms with Crippen LogP contribution in [0.3, 0.4) is 0 Å². The second-order valence-corrected chi connectivity index (χ2v) is 5.06. The molecule has 0 fully saturated rings. The van der Waals surface area contributed by atoms with Crippen molar-refractivity contribution in [2.45, 2.75) is 26.3 Å². The molecule has 2 rings (SSSR count). The maximum atomic E-state index is 5.83. The van der Waals surface area contributed by atoms with Crippen LogP contribution in [0.15, 0.2) is 22.7 Å². The van der Waals surface area contributed by atoms with Gasteiger partial charge >= 0.3 is 0 Å². The Balaban J connectivity index is 2.14. The summed E-state index contributed by atoms with van der Waals surface area (Å²) in [7, 11) is 0. The van der Waals surface area contributed by atoms with Crippen LogP contribution in [-0.2, 0) is 6.42 Å². The fourth-order valence-corrected chi connectivity index (χ4v) is 2.64. The molecule has 0 aromatic heterocycles. The maximum absolute atomic E-state index is 5.83. The van der Waals surface area contributed by atoms with Gasteiger partial charge in [-0.2, -0.15) is 0 Å². The molecule has 0 bridgehead atoms. The molecule has 1 unspecified atom stereocenters. The van der Waals surface area contributed by atoms with E-state index >= 15 is 0 Å². The largest absolute Gasteiger partial charge is 0.492 e. The topological polar surface area (TPSA) is 12.5 Å². The Hall–Kier alpha value is -0.540. The zero-order valence-corrected chi connectivity index (χ0v) is 11.5. The summed E-state index contributed by atoms with van der Waals surface area (Å²) >= 11 is 3.47. The fourth-order valence-electron chi connectivity index (χ4n) is 2.30. The van der Waals surface area contributed by atoms with Gasteiger partial charge in [-0.25, -0.2) is 0 Å². The molecule has 0 radical (unpaired) electrons. The number of hydrogen-bond donors (Lipinski definition) is 0. The number of nitrogens with zero attached hydrogens (tertiary/aromatic N) is 1. The zero-order chi connectivity index (χ0) is 11.5. The molecule has 1 aromatic carbocycles. The van der Waals surface area contributed by atoms with E-state index in [9.17, 15) is 0 Å². The Bertz CT molecular complexity index is 363. The van der Waals surface area contributed by atoms with Crippen molar-refractivity contribution in [1.82, 2.24) is 4.90 Å². The first kappa shape index (κ1) is 11.9. The monoisotopic (exact) mass is 283 g/mol. The third-order valence-corrected chi connectivity index (χ3v) is 3.74. The molecule has 3 heteroatoms. The minimum atomic E-state index is 0.531. The van der Waals surface area contributed by atoms with Crippen molar-refractivity contribution < 1.29 is 4.74 Å². The summed E-state index contributed by atoms with van der Waals surface area (Å²) in [5, 5.41) is 0. The Labute approximate surface area is 106 Å². The third-order valence-electron chi connectivity index (χ3n) is 3.24. The van der Waals surface area contributed by atoms with E-state index in [1.807, 2.05) is 0 Å². The van der Waals surface area contributed by atoms with Crippen LogP contribution in [0.4, 0.5) is 0 Å². The van der Waals surface area contributed by atoms with Gasteiger partial charge in [0.25, 0.3) is 0 Å². The number of likely N-dealkylation sites (N-methyl/N-ethyl adjacent to an activating group) is 1. The van der Waals surface area contributed by atoms with E-state index in [0.29, 0.717) is 6.04 Å². The standard InChI is InChI=1S/C13H18BrNO/c1-3-15(4-2)12-7-10-5-6-11(14)8-13(10)16-9-12/h5-6,8,12H,3-4,7,9H2,1-2H3. The van der Waals surface area contributed by atoms with Crippen molar-refractivity contribution >= 4 is 15.9 Å². The van der Waals surface area contributed by atoms with Crippen LogP contribution in [0.5, 0.6) is 5.75 Å². The van der Waals surface area contributed by atoms with Gasteiger partial charge in [0.05, 0.1) is 0 Å². The van der Waals surface area contributed by atoms with Gasteiger partial charge in [0, 0.05) is 10.5 Å². The van der Waals surface area contributed by atoms with E-state index in [4.69, 9.17) is 4.74 Å². The van der Waals surface area contributed by atoms with Crippen LogP contribution >= 0.6 is 15.9 Å². The van der Waals surface area contributed by atoms with Crippen LogP contribution in [0, 0.1) is 0 Å². The van der Waals surface area contributed by atoms with Gasteiger partial charge in [0.2, 0.25) is 0 Å². The average molecular weight is 284 g/mol. The number of rotatable bonds is 3. The lowest BCUT2D eigenvalue weighted by molar-refractivity contribution is 0.129. The van der Waals surface area contributed by atoms with Gasteiger partial charge in [-0.15, -0.1) is 0 Å². The first-order valence-electron chi connectivity index (χ1n) is 5.89. The number of halogens is 1. The molecule has 1 aromatic rings. The number of hydrogen-bond acceptors (Lipinski definition) is 2. The summed E-state index contributed by atoms with van der Waals surface area (Å²) in [5.41, 5.74) is 1.33. The van der Waals surface area contributed by atoms with Crippen molar-refractivity contribution in [2.24, 2.45) is 0 Å². The molecule has 88 valence electrons. The van der Waals surface area contributed by atoms with Crippen LogP contribution in [0.1, 0.15) is 19.4 Å². The Kier molecular flexibility index (Phi) is 3.87. The van der Waals surface area contributed by atoms with E-state index in [2.05, 4.69) is 52.9 Å². The Morgan fingerprint density at radius 2 is 2.12 bits per heavy atom. The van der Waals surface area contributed by atoms with Crippen molar-refractivity contribution in [2.75, 3.05) is 19.7 Å². The highest BCUT2D eigenvalue weighted by molar-refractivity contribution is 9.10. The molecule has 0 aliphatic carbocycles. The Morgan fingerprint density at radius 3 is 2.81 bits per heavy atom. The Morgan fingerprint density at radius 1 is 1.38 bits per heavy atom. The molecular weight excluding hydrogens is 266 g/mol. The van der Waals surface area contributed by atoms with Crippen LogP contribution in [-0.4, -0.2) is 30.6 Å². The molecule has 1 aliphatic heterocycles. The molecule has 16 heavy (non-hydrogen) atoms. The van der Waals surface area contributed by atoms with E-state index in [0.717, 1.165) is 36.3 Å².